The predicted octanol–water partition coefficient (Wildman–Crippen LogP) is 5.16. The number of H-pyrrole nitrogens is 1. The lowest BCUT2D eigenvalue weighted by atomic mass is 10.0. The number of carbonyl (C=O) groups excluding carboxylic acids is 1. The molecule has 0 spiro atoms. The van der Waals surface area contributed by atoms with Gasteiger partial charge in [-0.05, 0) is 46.1 Å². The minimum atomic E-state index is -0.459. The number of fused-ring (bicyclic) bond motifs is 1. The summed E-state index contributed by atoms with van der Waals surface area (Å²) in [6, 6.07) is 8.88. The van der Waals surface area contributed by atoms with Gasteiger partial charge in [0.25, 0.3) is 0 Å². The quantitative estimate of drug-likeness (QED) is 0.518. The lowest BCUT2D eigenvalue weighted by Gasteiger charge is -2.37. The molecular formula is C26H33ClN6O2. The lowest BCUT2D eigenvalue weighted by molar-refractivity contribution is 0.0155. The lowest BCUT2D eigenvalue weighted by Crippen LogP contribution is -2.47. The number of likely N-dealkylation sites (tertiary alicyclic amines) is 2. The molecule has 0 bridgehead atoms. The zero-order valence-electron chi connectivity index (χ0n) is 20.6. The van der Waals surface area contributed by atoms with Crippen molar-refractivity contribution < 1.29 is 9.53 Å². The van der Waals surface area contributed by atoms with Crippen molar-refractivity contribution in [2.45, 2.75) is 57.7 Å². The van der Waals surface area contributed by atoms with Gasteiger partial charge in [-0.3, -0.25) is 4.90 Å². The molecule has 2 N–H and O–H groups in total. The highest BCUT2D eigenvalue weighted by Gasteiger charge is 2.33. The Morgan fingerprint density at radius 2 is 1.94 bits per heavy atom. The molecule has 0 unspecified atom stereocenters. The van der Waals surface area contributed by atoms with Crippen LogP contribution in [0.4, 0.5) is 10.7 Å². The Morgan fingerprint density at radius 3 is 2.71 bits per heavy atom. The largest absolute Gasteiger partial charge is 0.444 e. The second-order valence-electron chi connectivity index (χ2n) is 10.5. The summed E-state index contributed by atoms with van der Waals surface area (Å²) in [5.41, 5.74) is 2.29. The fourth-order valence-electron chi connectivity index (χ4n) is 5.05. The Hall–Kier alpha value is -2.84. The van der Waals surface area contributed by atoms with Crippen molar-refractivity contribution >= 4 is 34.5 Å². The molecule has 3 aromatic rings. The normalized spacial score (nSPS) is 19.9. The molecule has 4 heterocycles. The van der Waals surface area contributed by atoms with Gasteiger partial charge in [0.1, 0.15) is 5.60 Å². The first kappa shape index (κ1) is 23.9. The average Bonchev–Trinajstić information content (AvgIpc) is 3.47. The number of amides is 1. The van der Waals surface area contributed by atoms with E-state index < -0.39 is 5.60 Å². The third kappa shape index (κ3) is 5.38. The van der Waals surface area contributed by atoms with Gasteiger partial charge in [-0.1, -0.05) is 29.8 Å². The molecule has 0 radical (unpaired) electrons. The van der Waals surface area contributed by atoms with E-state index in [1.54, 1.807) is 6.20 Å². The van der Waals surface area contributed by atoms with E-state index in [-0.39, 0.29) is 12.1 Å². The summed E-state index contributed by atoms with van der Waals surface area (Å²) in [5, 5.41) is 5.14. The van der Waals surface area contributed by atoms with Gasteiger partial charge in [-0.25, -0.2) is 14.8 Å². The summed E-state index contributed by atoms with van der Waals surface area (Å²) in [6.07, 6.45) is 6.38. The number of aromatic amines is 1. The first-order valence-corrected chi connectivity index (χ1v) is 12.7. The van der Waals surface area contributed by atoms with Crippen molar-refractivity contribution in [3.63, 3.8) is 0 Å². The first-order chi connectivity index (χ1) is 16.8. The fourth-order valence-corrected chi connectivity index (χ4v) is 5.25. The maximum Gasteiger partial charge on any atom is 0.410 e. The minimum absolute atomic E-state index is 0.206. The van der Waals surface area contributed by atoms with Gasteiger partial charge in [0.15, 0.2) is 0 Å². The summed E-state index contributed by atoms with van der Waals surface area (Å²) >= 11 is 6.49. The van der Waals surface area contributed by atoms with Gasteiger partial charge in [0, 0.05) is 60.9 Å². The number of rotatable bonds is 4. The summed E-state index contributed by atoms with van der Waals surface area (Å²) in [4.78, 5) is 29.2. The number of piperidine rings is 1. The topological polar surface area (TPSA) is 86.4 Å². The molecule has 1 atom stereocenters. The monoisotopic (exact) mass is 496 g/mol. The second-order valence-corrected chi connectivity index (χ2v) is 10.9. The minimum Gasteiger partial charge on any atom is -0.444 e. The Kier molecular flexibility index (Phi) is 6.59. The van der Waals surface area contributed by atoms with E-state index in [9.17, 15) is 4.79 Å². The predicted molar refractivity (Wildman–Crippen MR) is 139 cm³/mol. The van der Waals surface area contributed by atoms with Gasteiger partial charge in [-0.15, -0.1) is 0 Å². The highest BCUT2D eigenvalue weighted by Crippen LogP contribution is 2.32. The fraction of sp³-hybridized carbons (Fsp3) is 0.500. The van der Waals surface area contributed by atoms with Crippen LogP contribution in [0.25, 0.3) is 22.2 Å². The van der Waals surface area contributed by atoms with Crippen molar-refractivity contribution in [2.24, 2.45) is 0 Å². The van der Waals surface area contributed by atoms with E-state index in [4.69, 9.17) is 21.3 Å². The smallest absolute Gasteiger partial charge is 0.410 e. The molecule has 2 aliphatic heterocycles. The Balaban J connectivity index is 1.19. The first-order valence-electron chi connectivity index (χ1n) is 12.3. The summed E-state index contributed by atoms with van der Waals surface area (Å²) in [7, 11) is 0. The summed E-state index contributed by atoms with van der Waals surface area (Å²) in [5.74, 6) is 0.598. The van der Waals surface area contributed by atoms with E-state index in [1.165, 1.54) is 0 Å². The Labute approximate surface area is 211 Å². The van der Waals surface area contributed by atoms with Crippen molar-refractivity contribution in [1.82, 2.24) is 24.8 Å². The van der Waals surface area contributed by atoms with E-state index in [0.29, 0.717) is 17.0 Å². The molecule has 1 aromatic carbocycles. The molecular weight excluding hydrogens is 464 g/mol. The third-order valence-corrected chi connectivity index (χ3v) is 7.05. The van der Waals surface area contributed by atoms with Crippen molar-refractivity contribution in [3.8, 4) is 11.3 Å². The molecule has 5 rings (SSSR count). The summed E-state index contributed by atoms with van der Waals surface area (Å²) < 4.78 is 5.53. The van der Waals surface area contributed by atoms with E-state index >= 15 is 0 Å². The third-order valence-electron chi connectivity index (χ3n) is 6.77. The molecule has 2 saturated heterocycles. The molecule has 2 fully saturated rings. The van der Waals surface area contributed by atoms with Crippen LogP contribution in [-0.4, -0.2) is 74.7 Å². The highest BCUT2D eigenvalue weighted by atomic mass is 35.5. The van der Waals surface area contributed by atoms with Crippen LogP contribution in [0, 0.1) is 0 Å². The van der Waals surface area contributed by atoms with Gasteiger partial charge in [0.05, 0.1) is 16.9 Å². The van der Waals surface area contributed by atoms with Crippen molar-refractivity contribution in [2.75, 3.05) is 31.5 Å². The van der Waals surface area contributed by atoms with Crippen molar-refractivity contribution in [3.05, 3.63) is 41.7 Å². The number of para-hydroxylation sites is 1. The van der Waals surface area contributed by atoms with Crippen LogP contribution in [0.3, 0.4) is 0 Å². The SMILES string of the molecule is CC(C)(C)OC(=O)N1CCC(N2CC[C@@H](Nc3ncc(Cl)c(-c4c[nH]c5ccccc45)n3)C2)CC1. The maximum absolute atomic E-state index is 12.4. The zero-order valence-corrected chi connectivity index (χ0v) is 21.3. The van der Waals surface area contributed by atoms with Crippen LogP contribution < -0.4 is 5.32 Å². The van der Waals surface area contributed by atoms with E-state index in [1.807, 2.05) is 50.1 Å². The summed E-state index contributed by atoms with van der Waals surface area (Å²) in [6.45, 7) is 9.16. The number of nitrogens with zero attached hydrogens (tertiary/aromatic N) is 4. The number of anilines is 1. The second kappa shape index (κ2) is 9.66. The highest BCUT2D eigenvalue weighted by molar-refractivity contribution is 6.33. The molecule has 186 valence electrons. The van der Waals surface area contributed by atoms with Crippen molar-refractivity contribution in [1.29, 1.82) is 0 Å². The molecule has 9 heteroatoms. The molecule has 0 aliphatic carbocycles. The van der Waals surface area contributed by atoms with Gasteiger partial charge in [-0.2, -0.15) is 0 Å². The van der Waals surface area contributed by atoms with Gasteiger partial charge in [0.2, 0.25) is 5.95 Å². The number of halogens is 1. The van der Waals surface area contributed by atoms with Gasteiger partial charge < -0.3 is 19.9 Å². The van der Waals surface area contributed by atoms with Crippen LogP contribution in [-0.2, 0) is 4.74 Å². The number of hydrogen-bond acceptors (Lipinski definition) is 6. The van der Waals surface area contributed by atoms with Crippen LogP contribution in [0.5, 0.6) is 0 Å². The number of ether oxygens (including phenoxy) is 1. The standard InChI is InChI=1S/C26H33ClN6O2/c1-26(2,3)35-25(34)32-12-9-18(10-13-32)33-11-8-17(16-33)30-24-29-15-21(27)23(31-24)20-14-28-22-7-5-4-6-19(20)22/h4-7,14-15,17-18,28H,8-13,16H2,1-3H3,(H,29,30,31)/t17-/m1/s1. The number of carbonyl (C=O) groups is 1. The van der Waals surface area contributed by atoms with E-state index in [2.05, 4.69) is 26.3 Å². The Morgan fingerprint density at radius 1 is 1.17 bits per heavy atom. The molecule has 8 nitrogen and oxygen atoms in total. The Bertz CT molecular complexity index is 1200. The molecule has 2 aliphatic rings. The molecule has 35 heavy (non-hydrogen) atoms. The average molecular weight is 497 g/mol. The number of benzene rings is 1. The van der Waals surface area contributed by atoms with E-state index in [0.717, 1.165) is 67.6 Å². The van der Waals surface area contributed by atoms with Crippen LogP contribution in [0.15, 0.2) is 36.7 Å². The molecule has 1 amide bonds. The van der Waals surface area contributed by atoms with Crippen LogP contribution >= 0.6 is 11.6 Å². The maximum atomic E-state index is 12.4. The van der Waals surface area contributed by atoms with Crippen LogP contribution in [0.2, 0.25) is 5.02 Å². The number of hydrogen-bond donors (Lipinski definition) is 2. The molecule has 2 aromatic heterocycles. The zero-order chi connectivity index (χ0) is 24.6. The molecule has 0 saturated carbocycles. The number of aromatic nitrogens is 3. The van der Waals surface area contributed by atoms with Crippen LogP contribution in [0.1, 0.15) is 40.0 Å². The number of nitrogens with one attached hydrogen (secondary N) is 2. The van der Waals surface area contributed by atoms with Gasteiger partial charge >= 0.3 is 6.09 Å².